The molecular weight excluding hydrogens is 202 g/mol. The highest BCUT2D eigenvalue weighted by atomic mass is 16.1. The van der Waals surface area contributed by atoms with Crippen LogP contribution in [0.1, 0.15) is 32.6 Å². The zero-order valence-corrected chi connectivity index (χ0v) is 10.5. The zero-order chi connectivity index (χ0) is 12.0. The Hall–Kier alpha value is -0.610. The molecule has 0 aliphatic carbocycles. The number of nitrogens with zero attached hydrogens (tertiary/aromatic N) is 1. The second-order valence-electron chi connectivity index (χ2n) is 5.00. The number of nitrogens with two attached hydrogens (primary N) is 1. The van der Waals surface area contributed by atoms with E-state index in [4.69, 9.17) is 5.73 Å². The summed E-state index contributed by atoms with van der Waals surface area (Å²) >= 11 is 0. The maximum atomic E-state index is 10.9. The summed E-state index contributed by atoms with van der Waals surface area (Å²) in [5.41, 5.74) is 5.25. The monoisotopic (exact) mass is 227 g/mol. The third-order valence-electron chi connectivity index (χ3n) is 3.34. The van der Waals surface area contributed by atoms with Crippen molar-refractivity contribution in [2.75, 3.05) is 26.7 Å². The molecule has 4 nitrogen and oxygen atoms in total. The summed E-state index contributed by atoms with van der Waals surface area (Å²) in [6.45, 7) is 4.85. The molecule has 1 amide bonds. The molecule has 16 heavy (non-hydrogen) atoms. The van der Waals surface area contributed by atoms with Gasteiger partial charge in [-0.1, -0.05) is 13.3 Å². The summed E-state index contributed by atoms with van der Waals surface area (Å²) in [4.78, 5) is 13.1. The summed E-state index contributed by atoms with van der Waals surface area (Å²) in [6, 6.07) is 0.667. The Morgan fingerprint density at radius 1 is 1.56 bits per heavy atom. The highest BCUT2D eigenvalue weighted by molar-refractivity contribution is 5.76. The first kappa shape index (κ1) is 13.5. The van der Waals surface area contributed by atoms with E-state index in [0.29, 0.717) is 6.04 Å². The Morgan fingerprint density at radius 2 is 2.31 bits per heavy atom. The maximum Gasteiger partial charge on any atom is 0.221 e. The first-order valence-electron chi connectivity index (χ1n) is 6.31. The van der Waals surface area contributed by atoms with E-state index in [1.54, 1.807) is 0 Å². The molecule has 0 spiro atoms. The second-order valence-corrected chi connectivity index (χ2v) is 5.00. The van der Waals surface area contributed by atoms with E-state index in [1.165, 1.54) is 25.7 Å². The van der Waals surface area contributed by atoms with Gasteiger partial charge in [-0.15, -0.1) is 0 Å². The molecule has 2 unspecified atom stereocenters. The molecule has 94 valence electrons. The third kappa shape index (κ3) is 4.94. The van der Waals surface area contributed by atoms with Crippen LogP contribution in [0.5, 0.6) is 0 Å². The van der Waals surface area contributed by atoms with Gasteiger partial charge in [-0.05, 0) is 39.4 Å². The van der Waals surface area contributed by atoms with Gasteiger partial charge in [-0.2, -0.15) is 0 Å². The Bertz CT molecular complexity index is 214. The van der Waals surface area contributed by atoms with Crippen molar-refractivity contribution in [1.82, 2.24) is 10.2 Å². The first-order chi connectivity index (χ1) is 7.59. The van der Waals surface area contributed by atoms with Gasteiger partial charge in [-0.25, -0.2) is 0 Å². The van der Waals surface area contributed by atoms with Gasteiger partial charge in [0.2, 0.25) is 5.91 Å². The predicted octanol–water partition coefficient (Wildman–Crippen LogP) is 0.572. The number of nitrogens with one attached hydrogen (secondary N) is 1. The third-order valence-corrected chi connectivity index (χ3v) is 3.34. The summed E-state index contributed by atoms with van der Waals surface area (Å²) in [5.74, 6) is -0.257. The number of carbonyl (C=O) groups is 1. The summed E-state index contributed by atoms with van der Waals surface area (Å²) < 4.78 is 0. The van der Waals surface area contributed by atoms with Gasteiger partial charge < -0.3 is 16.0 Å². The van der Waals surface area contributed by atoms with Crippen molar-refractivity contribution in [3.8, 4) is 0 Å². The molecule has 1 rings (SSSR count). The zero-order valence-electron chi connectivity index (χ0n) is 10.5. The fourth-order valence-corrected chi connectivity index (χ4v) is 2.20. The average molecular weight is 227 g/mol. The molecular formula is C12H25N3O. The van der Waals surface area contributed by atoms with E-state index in [1.807, 2.05) is 6.92 Å². The van der Waals surface area contributed by atoms with E-state index in [2.05, 4.69) is 17.3 Å². The Balaban J connectivity index is 2.13. The fraction of sp³-hybridized carbons (Fsp3) is 0.917. The van der Waals surface area contributed by atoms with Crippen LogP contribution < -0.4 is 11.1 Å². The highest BCUT2D eigenvalue weighted by Crippen LogP contribution is 2.10. The summed E-state index contributed by atoms with van der Waals surface area (Å²) in [7, 11) is 2.06. The van der Waals surface area contributed by atoms with Crippen molar-refractivity contribution in [2.24, 2.45) is 11.7 Å². The van der Waals surface area contributed by atoms with Crippen molar-refractivity contribution in [3.05, 3.63) is 0 Å². The number of piperidine rings is 1. The lowest BCUT2D eigenvalue weighted by Gasteiger charge is -2.26. The largest absolute Gasteiger partial charge is 0.369 e. The van der Waals surface area contributed by atoms with E-state index in [0.717, 1.165) is 19.6 Å². The smallest absolute Gasteiger partial charge is 0.221 e. The lowest BCUT2D eigenvalue weighted by atomic mass is 10.0. The second kappa shape index (κ2) is 6.86. The van der Waals surface area contributed by atoms with Crippen LogP contribution in [-0.2, 0) is 4.79 Å². The van der Waals surface area contributed by atoms with E-state index in [9.17, 15) is 4.79 Å². The Kier molecular flexibility index (Phi) is 5.77. The number of hydrogen-bond acceptors (Lipinski definition) is 3. The molecule has 0 saturated carbocycles. The number of rotatable bonds is 6. The molecule has 0 aromatic carbocycles. The molecule has 1 saturated heterocycles. The number of primary amides is 1. The van der Waals surface area contributed by atoms with Crippen molar-refractivity contribution in [3.63, 3.8) is 0 Å². The minimum Gasteiger partial charge on any atom is -0.369 e. The molecule has 2 atom stereocenters. The molecule has 1 fully saturated rings. The lowest BCUT2D eigenvalue weighted by Crippen LogP contribution is -2.38. The number of hydrogen-bond donors (Lipinski definition) is 2. The van der Waals surface area contributed by atoms with Gasteiger partial charge >= 0.3 is 0 Å². The van der Waals surface area contributed by atoms with E-state index < -0.39 is 0 Å². The average Bonchev–Trinajstić information content (AvgIpc) is 2.27. The molecule has 0 aromatic rings. The quantitative estimate of drug-likeness (QED) is 0.697. The standard InChI is InChI=1S/C12H25N3O/c1-10(12(13)16)9-15(2)8-6-11-5-3-4-7-14-11/h10-11,14H,3-9H2,1-2H3,(H2,13,16). The lowest BCUT2D eigenvalue weighted by molar-refractivity contribution is -0.121. The molecule has 3 N–H and O–H groups in total. The van der Waals surface area contributed by atoms with Crippen molar-refractivity contribution >= 4 is 5.91 Å². The van der Waals surface area contributed by atoms with Crippen molar-refractivity contribution < 1.29 is 4.79 Å². The van der Waals surface area contributed by atoms with Gasteiger partial charge in [0.05, 0.1) is 0 Å². The molecule has 0 aromatic heterocycles. The minimum absolute atomic E-state index is 0.0516. The van der Waals surface area contributed by atoms with Crippen LogP contribution in [0.25, 0.3) is 0 Å². The van der Waals surface area contributed by atoms with Crippen LogP contribution in [0, 0.1) is 5.92 Å². The Labute approximate surface area is 98.6 Å². The molecule has 4 heteroatoms. The molecule has 1 heterocycles. The van der Waals surface area contributed by atoms with Crippen LogP contribution in [0.3, 0.4) is 0 Å². The van der Waals surface area contributed by atoms with Gasteiger partial charge in [0, 0.05) is 18.5 Å². The van der Waals surface area contributed by atoms with Gasteiger partial charge in [-0.3, -0.25) is 4.79 Å². The maximum absolute atomic E-state index is 10.9. The molecule has 0 radical (unpaired) electrons. The molecule has 1 aliphatic heterocycles. The number of carbonyl (C=O) groups excluding carboxylic acids is 1. The SMILES string of the molecule is CC(CN(C)CCC1CCCCN1)C(N)=O. The number of amides is 1. The van der Waals surface area contributed by atoms with Crippen molar-refractivity contribution in [2.45, 2.75) is 38.6 Å². The van der Waals surface area contributed by atoms with Gasteiger partial charge in [0.1, 0.15) is 0 Å². The van der Waals surface area contributed by atoms with Crippen LogP contribution in [0.15, 0.2) is 0 Å². The molecule has 0 bridgehead atoms. The van der Waals surface area contributed by atoms with Gasteiger partial charge in [0.15, 0.2) is 0 Å². The van der Waals surface area contributed by atoms with E-state index in [-0.39, 0.29) is 11.8 Å². The summed E-state index contributed by atoms with van der Waals surface area (Å²) in [6.07, 6.45) is 5.12. The van der Waals surface area contributed by atoms with Crippen molar-refractivity contribution in [1.29, 1.82) is 0 Å². The van der Waals surface area contributed by atoms with Gasteiger partial charge in [0.25, 0.3) is 0 Å². The highest BCUT2D eigenvalue weighted by Gasteiger charge is 2.15. The van der Waals surface area contributed by atoms with Crippen LogP contribution >= 0.6 is 0 Å². The van der Waals surface area contributed by atoms with Crippen LogP contribution in [0.4, 0.5) is 0 Å². The topological polar surface area (TPSA) is 58.4 Å². The first-order valence-corrected chi connectivity index (χ1v) is 6.31. The van der Waals surface area contributed by atoms with E-state index >= 15 is 0 Å². The summed E-state index contributed by atoms with van der Waals surface area (Å²) in [5, 5.41) is 3.53. The van der Waals surface area contributed by atoms with Crippen LogP contribution in [0.2, 0.25) is 0 Å². The normalized spacial score (nSPS) is 23.3. The van der Waals surface area contributed by atoms with Crippen LogP contribution in [-0.4, -0.2) is 43.5 Å². The Morgan fingerprint density at radius 3 is 2.88 bits per heavy atom. The minimum atomic E-state index is -0.206. The molecule has 1 aliphatic rings. The predicted molar refractivity (Wildman–Crippen MR) is 66.1 cm³/mol. The fourth-order valence-electron chi connectivity index (χ4n) is 2.20.